The molecule has 0 saturated carbocycles. The van der Waals surface area contributed by atoms with Gasteiger partial charge < -0.3 is 4.90 Å². The van der Waals surface area contributed by atoms with Crippen LogP contribution in [0.15, 0.2) is 24.4 Å². The Morgan fingerprint density at radius 3 is 2.55 bits per heavy atom. The lowest BCUT2D eigenvalue weighted by Crippen LogP contribution is -2.38. The Balaban J connectivity index is 2.52. The van der Waals surface area contributed by atoms with Crippen LogP contribution in [0.3, 0.4) is 0 Å². The van der Waals surface area contributed by atoms with Crippen LogP contribution in [0.2, 0.25) is 0 Å². The first-order valence-electron chi connectivity index (χ1n) is 8.98. The molecule has 22 heavy (non-hydrogen) atoms. The summed E-state index contributed by atoms with van der Waals surface area (Å²) in [7, 11) is 2.18. The van der Waals surface area contributed by atoms with Crippen molar-refractivity contribution in [2.75, 3.05) is 7.05 Å². The second kappa shape index (κ2) is 8.17. The lowest BCUT2D eigenvalue weighted by atomic mass is 9.83. The normalized spacial score (nSPS) is 26.8. The van der Waals surface area contributed by atoms with E-state index in [4.69, 9.17) is 0 Å². The number of allylic oxidation sites excluding steroid dienone is 3. The summed E-state index contributed by atoms with van der Waals surface area (Å²) in [6, 6.07) is 0.554. The zero-order valence-electron chi connectivity index (χ0n) is 15.5. The van der Waals surface area contributed by atoms with Gasteiger partial charge in [-0.2, -0.15) is 0 Å². The van der Waals surface area contributed by atoms with Gasteiger partial charge in [-0.1, -0.05) is 65.7 Å². The second-order valence-corrected chi connectivity index (χ2v) is 8.02. The molecule has 2 heteroatoms. The molecular formula is C20H36FN. The first-order valence-corrected chi connectivity index (χ1v) is 8.98. The van der Waals surface area contributed by atoms with Crippen LogP contribution in [0.5, 0.6) is 0 Å². The molecule has 0 saturated heterocycles. The van der Waals surface area contributed by atoms with Gasteiger partial charge in [-0.3, -0.25) is 0 Å². The molecule has 0 radical (unpaired) electrons. The molecular weight excluding hydrogens is 273 g/mol. The maximum Gasteiger partial charge on any atom is 0.129 e. The van der Waals surface area contributed by atoms with Gasteiger partial charge in [0.05, 0.1) is 0 Å². The van der Waals surface area contributed by atoms with Crippen LogP contribution in [0.25, 0.3) is 0 Å². The fraction of sp³-hybridized carbons (Fsp3) is 0.800. The minimum absolute atomic E-state index is 0.276. The first-order chi connectivity index (χ1) is 10.2. The van der Waals surface area contributed by atoms with Crippen molar-refractivity contribution in [3.63, 3.8) is 0 Å². The van der Waals surface area contributed by atoms with E-state index < -0.39 is 5.67 Å². The van der Waals surface area contributed by atoms with E-state index in [9.17, 15) is 4.39 Å². The van der Waals surface area contributed by atoms with Crippen molar-refractivity contribution in [2.24, 2.45) is 11.3 Å². The number of halogens is 1. The van der Waals surface area contributed by atoms with Crippen molar-refractivity contribution < 1.29 is 4.39 Å². The van der Waals surface area contributed by atoms with Crippen LogP contribution in [0, 0.1) is 11.3 Å². The quantitative estimate of drug-likeness (QED) is 0.488. The van der Waals surface area contributed by atoms with Gasteiger partial charge in [-0.25, -0.2) is 4.39 Å². The van der Waals surface area contributed by atoms with Crippen LogP contribution in [-0.4, -0.2) is 23.7 Å². The molecule has 3 unspecified atom stereocenters. The van der Waals surface area contributed by atoms with E-state index in [1.807, 2.05) is 6.92 Å². The Morgan fingerprint density at radius 1 is 1.36 bits per heavy atom. The zero-order chi connectivity index (χ0) is 16.8. The maximum absolute atomic E-state index is 14.2. The Kier molecular flexibility index (Phi) is 7.15. The number of alkyl halides is 1. The highest BCUT2D eigenvalue weighted by atomic mass is 19.1. The minimum Gasteiger partial charge on any atom is -0.377 e. The summed E-state index contributed by atoms with van der Waals surface area (Å²) in [5.41, 5.74) is -0.780. The average molecular weight is 310 g/mol. The van der Waals surface area contributed by atoms with E-state index in [1.54, 1.807) is 6.08 Å². The van der Waals surface area contributed by atoms with Crippen molar-refractivity contribution in [3.8, 4) is 0 Å². The molecule has 0 fully saturated rings. The van der Waals surface area contributed by atoms with Gasteiger partial charge in [0, 0.05) is 13.1 Å². The summed E-state index contributed by atoms with van der Waals surface area (Å²) in [4.78, 5) is 2.36. The first kappa shape index (κ1) is 19.3. The summed E-state index contributed by atoms with van der Waals surface area (Å²) >= 11 is 0. The van der Waals surface area contributed by atoms with Crippen LogP contribution in [0.4, 0.5) is 4.39 Å². The van der Waals surface area contributed by atoms with E-state index in [0.717, 1.165) is 6.42 Å². The highest BCUT2D eigenvalue weighted by molar-refractivity contribution is 5.13. The molecule has 1 rings (SSSR count). The number of rotatable bonds is 8. The third-order valence-corrected chi connectivity index (χ3v) is 4.96. The summed E-state index contributed by atoms with van der Waals surface area (Å²) < 4.78 is 14.2. The van der Waals surface area contributed by atoms with Gasteiger partial charge in [0.2, 0.25) is 0 Å². The number of nitrogens with zero attached hydrogens (tertiary/aromatic N) is 1. The molecule has 0 aromatic carbocycles. The van der Waals surface area contributed by atoms with E-state index in [1.165, 1.54) is 19.3 Å². The third kappa shape index (κ3) is 5.78. The largest absolute Gasteiger partial charge is 0.377 e. The summed E-state index contributed by atoms with van der Waals surface area (Å²) in [6.45, 7) is 11.1. The van der Waals surface area contributed by atoms with E-state index in [0.29, 0.717) is 24.8 Å². The van der Waals surface area contributed by atoms with Crippen LogP contribution in [-0.2, 0) is 0 Å². The fourth-order valence-corrected chi connectivity index (χ4v) is 3.46. The van der Waals surface area contributed by atoms with Gasteiger partial charge >= 0.3 is 0 Å². The topological polar surface area (TPSA) is 3.24 Å². The lowest BCUT2D eigenvalue weighted by Gasteiger charge is -2.38. The van der Waals surface area contributed by atoms with Gasteiger partial charge in [0.15, 0.2) is 0 Å². The van der Waals surface area contributed by atoms with Crippen LogP contribution >= 0.6 is 0 Å². The Morgan fingerprint density at radius 2 is 2.05 bits per heavy atom. The van der Waals surface area contributed by atoms with Crippen molar-refractivity contribution in [1.29, 1.82) is 0 Å². The molecule has 1 aliphatic rings. The predicted molar refractivity (Wildman–Crippen MR) is 95.7 cm³/mol. The number of unbranched alkanes of at least 4 members (excludes halogenated alkanes) is 1. The molecule has 3 atom stereocenters. The predicted octanol–water partition coefficient (Wildman–Crippen LogP) is 6.12. The Labute approximate surface area is 137 Å². The molecule has 0 aromatic rings. The second-order valence-electron chi connectivity index (χ2n) is 8.02. The molecule has 0 bridgehead atoms. The smallest absolute Gasteiger partial charge is 0.129 e. The molecule has 128 valence electrons. The molecule has 0 N–H and O–H groups in total. The highest BCUT2D eigenvalue weighted by Gasteiger charge is 2.32. The minimum atomic E-state index is -1.06. The zero-order valence-corrected chi connectivity index (χ0v) is 15.5. The molecule has 0 heterocycles. The van der Waals surface area contributed by atoms with Crippen molar-refractivity contribution in [1.82, 2.24) is 4.90 Å². The van der Waals surface area contributed by atoms with E-state index in [2.05, 4.69) is 58.0 Å². The Bertz CT molecular complexity index is 380. The summed E-state index contributed by atoms with van der Waals surface area (Å²) in [5.74, 6) is 0.360. The number of hydrogen-bond acceptors (Lipinski definition) is 1. The lowest BCUT2D eigenvalue weighted by molar-refractivity contribution is 0.157. The third-order valence-electron chi connectivity index (χ3n) is 4.96. The fourth-order valence-electron chi connectivity index (χ4n) is 3.46. The van der Waals surface area contributed by atoms with E-state index >= 15 is 0 Å². The van der Waals surface area contributed by atoms with Crippen LogP contribution in [0.1, 0.15) is 73.1 Å². The van der Waals surface area contributed by atoms with Crippen molar-refractivity contribution in [2.45, 2.75) is 84.9 Å². The monoisotopic (exact) mass is 309 g/mol. The standard InChI is InChI=1S/C20H36FN/c1-7-9-12-18(19(3,4)5)22(6)15-10-11-17-13-14-20(21,8-2)16-17/h10,13-15,17-18H,7-9,11-12,16H2,1-6H3/b15-10-. The molecule has 0 aliphatic heterocycles. The molecule has 0 amide bonds. The highest BCUT2D eigenvalue weighted by Crippen LogP contribution is 2.35. The Hall–Kier alpha value is -0.790. The van der Waals surface area contributed by atoms with Gasteiger partial charge in [0.25, 0.3) is 0 Å². The van der Waals surface area contributed by atoms with Crippen molar-refractivity contribution >= 4 is 0 Å². The van der Waals surface area contributed by atoms with Crippen molar-refractivity contribution in [3.05, 3.63) is 24.4 Å². The maximum atomic E-state index is 14.2. The summed E-state index contributed by atoms with van der Waals surface area (Å²) in [5, 5.41) is 0. The van der Waals surface area contributed by atoms with E-state index in [-0.39, 0.29) is 5.41 Å². The molecule has 1 aliphatic carbocycles. The molecule has 0 spiro atoms. The molecule has 0 aromatic heterocycles. The van der Waals surface area contributed by atoms with Gasteiger partial charge in [0.1, 0.15) is 5.67 Å². The summed E-state index contributed by atoms with van der Waals surface area (Å²) in [6.07, 6.45) is 14.2. The van der Waals surface area contributed by atoms with Gasteiger partial charge in [-0.05, 0) is 43.2 Å². The number of hydrogen-bond donors (Lipinski definition) is 0. The van der Waals surface area contributed by atoms with Gasteiger partial charge in [-0.15, -0.1) is 0 Å². The molecule has 1 nitrogen and oxygen atoms in total. The average Bonchev–Trinajstić information content (AvgIpc) is 2.80. The van der Waals surface area contributed by atoms with Crippen LogP contribution < -0.4 is 0 Å². The SMILES string of the molecule is CCCCC(N(C)/C=C\CC1C=CC(F)(CC)C1)C(C)(C)C.